The number of benzene rings is 1. The molecule has 1 atom stereocenters. The first kappa shape index (κ1) is 18.7. The Kier molecular flexibility index (Phi) is 5.73. The van der Waals surface area contributed by atoms with Crippen LogP contribution in [0.1, 0.15) is 26.2 Å². The van der Waals surface area contributed by atoms with Crippen LogP contribution >= 0.6 is 0 Å². The van der Waals surface area contributed by atoms with Crippen LogP contribution in [-0.4, -0.2) is 62.1 Å². The fourth-order valence-electron chi connectivity index (χ4n) is 3.50. The zero-order valence-corrected chi connectivity index (χ0v) is 16.5. The van der Waals surface area contributed by atoms with E-state index < -0.39 is 0 Å². The van der Waals surface area contributed by atoms with Gasteiger partial charge in [-0.2, -0.15) is 4.98 Å². The molecule has 0 amide bonds. The number of aromatic nitrogens is 4. The molecule has 0 saturated carbocycles. The SMILES string of the molecule is CC[C@@H](C)N1CCN(Cc2nc(-c3ccc(-c4ccncn4)cc3)no2)CC1. The number of nitrogens with zero attached hydrogens (tertiary/aromatic N) is 6. The molecule has 0 spiro atoms. The van der Waals surface area contributed by atoms with E-state index in [1.807, 2.05) is 30.3 Å². The summed E-state index contributed by atoms with van der Waals surface area (Å²) < 4.78 is 5.50. The van der Waals surface area contributed by atoms with Gasteiger partial charge in [-0.15, -0.1) is 0 Å². The first-order chi connectivity index (χ1) is 13.7. The molecule has 2 aromatic heterocycles. The molecule has 1 fully saturated rings. The van der Waals surface area contributed by atoms with Crippen molar-refractivity contribution in [1.82, 2.24) is 29.9 Å². The average Bonchev–Trinajstić information content (AvgIpc) is 3.23. The van der Waals surface area contributed by atoms with Gasteiger partial charge < -0.3 is 4.52 Å². The second-order valence-electron chi connectivity index (χ2n) is 7.25. The highest BCUT2D eigenvalue weighted by Crippen LogP contribution is 2.22. The zero-order chi connectivity index (χ0) is 19.3. The molecule has 4 rings (SSSR count). The van der Waals surface area contributed by atoms with E-state index in [2.05, 4.69) is 43.8 Å². The van der Waals surface area contributed by atoms with Crippen LogP contribution in [0.2, 0.25) is 0 Å². The highest BCUT2D eigenvalue weighted by Gasteiger charge is 2.21. The number of hydrogen-bond donors (Lipinski definition) is 0. The normalized spacial score (nSPS) is 16.9. The molecule has 0 radical (unpaired) electrons. The summed E-state index contributed by atoms with van der Waals surface area (Å²) >= 11 is 0. The minimum Gasteiger partial charge on any atom is -0.338 e. The Morgan fingerprint density at radius 3 is 2.46 bits per heavy atom. The van der Waals surface area contributed by atoms with Crippen molar-refractivity contribution in [3.63, 3.8) is 0 Å². The highest BCUT2D eigenvalue weighted by atomic mass is 16.5. The van der Waals surface area contributed by atoms with Crippen molar-refractivity contribution >= 4 is 0 Å². The van der Waals surface area contributed by atoms with Crippen LogP contribution in [0.4, 0.5) is 0 Å². The predicted molar refractivity (Wildman–Crippen MR) is 107 cm³/mol. The summed E-state index contributed by atoms with van der Waals surface area (Å²) in [5.74, 6) is 1.30. The summed E-state index contributed by atoms with van der Waals surface area (Å²) in [6, 6.07) is 10.6. The lowest BCUT2D eigenvalue weighted by atomic mass is 10.1. The molecule has 3 aromatic rings. The van der Waals surface area contributed by atoms with Crippen molar-refractivity contribution in [3.05, 3.63) is 48.7 Å². The number of rotatable bonds is 6. The Labute approximate surface area is 165 Å². The maximum absolute atomic E-state index is 5.50. The Balaban J connectivity index is 1.37. The molecule has 7 heteroatoms. The second-order valence-corrected chi connectivity index (χ2v) is 7.25. The highest BCUT2D eigenvalue weighted by molar-refractivity contribution is 5.64. The van der Waals surface area contributed by atoms with E-state index in [1.54, 1.807) is 12.5 Å². The fraction of sp³-hybridized carbons (Fsp3) is 0.429. The van der Waals surface area contributed by atoms with Gasteiger partial charge >= 0.3 is 0 Å². The van der Waals surface area contributed by atoms with E-state index >= 15 is 0 Å². The second kappa shape index (κ2) is 8.58. The summed E-state index contributed by atoms with van der Waals surface area (Å²) in [6.07, 6.45) is 4.49. The molecule has 0 unspecified atom stereocenters. The molecular weight excluding hydrogens is 352 g/mol. The molecule has 146 valence electrons. The fourth-order valence-corrected chi connectivity index (χ4v) is 3.50. The van der Waals surface area contributed by atoms with Crippen molar-refractivity contribution in [2.75, 3.05) is 26.2 Å². The minimum atomic E-state index is 0.627. The Morgan fingerprint density at radius 2 is 1.79 bits per heavy atom. The van der Waals surface area contributed by atoms with Gasteiger partial charge in [-0.1, -0.05) is 36.3 Å². The van der Waals surface area contributed by atoms with Gasteiger partial charge in [0.1, 0.15) is 6.33 Å². The van der Waals surface area contributed by atoms with E-state index in [-0.39, 0.29) is 0 Å². The predicted octanol–water partition coefficient (Wildman–Crippen LogP) is 3.11. The monoisotopic (exact) mass is 378 g/mol. The summed E-state index contributed by atoms with van der Waals surface area (Å²) in [4.78, 5) is 17.7. The number of piperazine rings is 1. The van der Waals surface area contributed by atoms with Crippen LogP contribution in [0.25, 0.3) is 22.6 Å². The summed E-state index contributed by atoms with van der Waals surface area (Å²) in [7, 11) is 0. The standard InChI is InChI=1S/C21H26N6O/c1-3-16(2)27-12-10-26(11-13-27)14-20-24-21(25-28-20)18-6-4-17(5-7-18)19-8-9-22-15-23-19/h4-9,15-16H,3,10-14H2,1-2H3/t16-/m1/s1. The van der Waals surface area contributed by atoms with Gasteiger partial charge in [0.25, 0.3) is 0 Å². The largest absolute Gasteiger partial charge is 0.338 e. The van der Waals surface area contributed by atoms with Gasteiger partial charge in [0.2, 0.25) is 11.7 Å². The molecule has 0 N–H and O–H groups in total. The van der Waals surface area contributed by atoms with E-state index in [0.29, 0.717) is 24.3 Å². The molecule has 1 aliphatic heterocycles. The molecule has 1 aliphatic rings. The van der Waals surface area contributed by atoms with Gasteiger partial charge in [0.15, 0.2) is 0 Å². The summed E-state index contributed by atoms with van der Waals surface area (Å²) in [5, 5.41) is 4.16. The third-order valence-electron chi connectivity index (χ3n) is 5.47. The Hall–Kier alpha value is -2.64. The van der Waals surface area contributed by atoms with Crippen LogP contribution in [0.5, 0.6) is 0 Å². The third kappa shape index (κ3) is 4.26. The van der Waals surface area contributed by atoms with E-state index in [0.717, 1.165) is 43.0 Å². The van der Waals surface area contributed by atoms with Gasteiger partial charge in [-0.25, -0.2) is 9.97 Å². The smallest absolute Gasteiger partial charge is 0.241 e. The molecule has 0 aliphatic carbocycles. The maximum Gasteiger partial charge on any atom is 0.241 e. The van der Waals surface area contributed by atoms with Crippen LogP contribution in [0.3, 0.4) is 0 Å². The lowest BCUT2D eigenvalue weighted by Crippen LogP contribution is -2.49. The average molecular weight is 378 g/mol. The van der Waals surface area contributed by atoms with Gasteiger partial charge in [0.05, 0.1) is 12.2 Å². The van der Waals surface area contributed by atoms with Crippen LogP contribution < -0.4 is 0 Å². The molecule has 1 aromatic carbocycles. The molecule has 3 heterocycles. The van der Waals surface area contributed by atoms with Crippen LogP contribution in [0.15, 0.2) is 47.4 Å². The third-order valence-corrected chi connectivity index (χ3v) is 5.47. The lowest BCUT2D eigenvalue weighted by Gasteiger charge is -2.37. The summed E-state index contributed by atoms with van der Waals surface area (Å²) in [5.41, 5.74) is 2.87. The van der Waals surface area contributed by atoms with Gasteiger partial charge in [-0.05, 0) is 19.4 Å². The van der Waals surface area contributed by atoms with Crippen molar-refractivity contribution in [1.29, 1.82) is 0 Å². The number of hydrogen-bond acceptors (Lipinski definition) is 7. The first-order valence-corrected chi connectivity index (χ1v) is 9.88. The molecule has 28 heavy (non-hydrogen) atoms. The molecule has 7 nitrogen and oxygen atoms in total. The molecule has 1 saturated heterocycles. The molecular formula is C21H26N6O. The van der Waals surface area contributed by atoms with Crippen molar-refractivity contribution < 1.29 is 4.52 Å². The van der Waals surface area contributed by atoms with Crippen LogP contribution in [-0.2, 0) is 6.54 Å². The summed E-state index contributed by atoms with van der Waals surface area (Å²) in [6.45, 7) is 9.53. The Morgan fingerprint density at radius 1 is 1.04 bits per heavy atom. The van der Waals surface area contributed by atoms with Crippen molar-refractivity contribution in [3.8, 4) is 22.6 Å². The Bertz CT molecular complexity index is 871. The van der Waals surface area contributed by atoms with E-state index in [4.69, 9.17) is 4.52 Å². The molecule has 0 bridgehead atoms. The van der Waals surface area contributed by atoms with E-state index in [9.17, 15) is 0 Å². The first-order valence-electron chi connectivity index (χ1n) is 9.88. The van der Waals surface area contributed by atoms with Gasteiger partial charge in [0, 0.05) is 49.5 Å². The van der Waals surface area contributed by atoms with E-state index in [1.165, 1.54) is 6.42 Å². The van der Waals surface area contributed by atoms with Crippen molar-refractivity contribution in [2.24, 2.45) is 0 Å². The quantitative estimate of drug-likeness (QED) is 0.652. The topological polar surface area (TPSA) is 71.2 Å². The van der Waals surface area contributed by atoms with Crippen LogP contribution in [0, 0.1) is 0 Å². The van der Waals surface area contributed by atoms with Gasteiger partial charge in [-0.3, -0.25) is 9.80 Å². The zero-order valence-electron chi connectivity index (χ0n) is 16.5. The lowest BCUT2D eigenvalue weighted by molar-refractivity contribution is 0.0892. The van der Waals surface area contributed by atoms with Crippen molar-refractivity contribution in [2.45, 2.75) is 32.9 Å². The minimum absolute atomic E-state index is 0.627. The maximum atomic E-state index is 5.50.